The molecule has 2 amide bonds. The van der Waals surface area contributed by atoms with E-state index >= 15 is 0 Å². The van der Waals surface area contributed by atoms with Crippen LogP contribution in [-0.2, 0) is 19.2 Å². The molecule has 2 aromatic carbocycles. The summed E-state index contributed by atoms with van der Waals surface area (Å²) in [7, 11) is 0. The molecular weight excluding hydrogens is 636 g/mol. The van der Waals surface area contributed by atoms with Gasteiger partial charge in [0.05, 0.1) is 10.8 Å². The summed E-state index contributed by atoms with van der Waals surface area (Å²) in [6.07, 6.45) is 2.20. The number of hydrogen-bond acceptors (Lipinski definition) is 9. The summed E-state index contributed by atoms with van der Waals surface area (Å²) in [6, 6.07) is 9.79. The number of nitro benzene ring substituents is 1. The number of benzene rings is 2. The molecule has 0 aliphatic heterocycles. The van der Waals surface area contributed by atoms with Gasteiger partial charge in [-0.2, -0.15) is 5.26 Å². The molecule has 3 atom stereocenters. The Bertz CT molecular complexity index is 1530. The monoisotopic (exact) mass is 680 g/mol. The summed E-state index contributed by atoms with van der Waals surface area (Å²) in [5.74, 6) is -3.94. The first-order valence-corrected chi connectivity index (χ1v) is 15.6. The number of anilines is 2. The van der Waals surface area contributed by atoms with E-state index in [9.17, 15) is 39.5 Å². The second-order valence-corrected chi connectivity index (χ2v) is 13.0. The molecule has 0 radical (unpaired) electrons. The molecule has 2 rings (SSSR count). The Kier molecular flexibility index (Phi) is 15.1. The van der Waals surface area contributed by atoms with E-state index in [4.69, 9.17) is 5.26 Å². The predicted molar refractivity (Wildman–Crippen MR) is 183 cm³/mol. The van der Waals surface area contributed by atoms with Crippen LogP contribution in [0.2, 0.25) is 0 Å². The molecule has 2 aromatic rings. The molecule has 264 valence electrons. The van der Waals surface area contributed by atoms with Crippen molar-refractivity contribution in [3.8, 4) is 6.19 Å². The van der Waals surface area contributed by atoms with Gasteiger partial charge in [-0.05, 0) is 60.5 Å². The molecular formula is C33H44N8O8. The van der Waals surface area contributed by atoms with Crippen molar-refractivity contribution in [3.05, 3.63) is 64.2 Å². The van der Waals surface area contributed by atoms with Crippen molar-refractivity contribution >= 4 is 46.8 Å². The third kappa shape index (κ3) is 14.4. The van der Waals surface area contributed by atoms with Crippen molar-refractivity contribution in [1.29, 1.82) is 5.26 Å². The van der Waals surface area contributed by atoms with Crippen molar-refractivity contribution in [1.82, 2.24) is 16.0 Å². The lowest BCUT2D eigenvalue weighted by atomic mass is 9.89. The Balaban J connectivity index is 2.06. The number of carbonyl (C=O) groups is 4. The fourth-order valence-electron chi connectivity index (χ4n) is 4.69. The first kappa shape index (κ1) is 39.6. The highest BCUT2D eigenvalue weighted by Crippen LogP contribution is 2.26. The lowest BCUT2D eigenvalue weighted by molar-refractivity contribution is -0.384. The summed E-state index contributed by atoms with van der Waals surface area (Å²) in [5, 5.41) is 53.1. The van der Waals surface area contributed by atoms with Gasteiger partial charge in [-0.25, -0.2) is 9.59 Å². The molecule has 0 aliphatic rings. The molecule has 0 spiro atoms. The summed E-state index contributed by atoms with van der Waals surface area (Å²) in [5.41, 5.74) is 1.16. The number of nitrogens with zero attached hydrogens (tertiary/aromatic N) is 3. The minimum atomic E-state index is -1.26. The first-order chi connectivity index (χ1) is 23.0. The molecule has 0 saturated carbocycles. The molecule has 49 heavy (non-hydrogen) atoms. The molecule has 0 aromatic heterocycles. The fraction of sp³-hybridized carbons (Fsp3) is 0.455. The molecule has 16 nitrogen and oxygen atoms in total. The number of nitriles is 1. The number of aliphatic carboxylic acids is 2. The van der Waals surface area contributed by atoms with Crippen molar-refractivity contribution < 1.29 is 34.3 Å². The van der Waals surface area contributed by atoms with Crippen LogP contribution in [0.15, 0.2) is 53.5 Å². The van der Waals surface area contributed by atoms with Crippen LogP contribution < -0.4 is 26.6 Å². The number of hydrogen-bond donors (Lipinski definition) is 7. The van der Waals surface area contributed by atoms with E-state index in [2.05, 4.69) is 31.6 Å². The van der Waals surface area contributed by atoms with Gasteiger partial charge in [-0.1, -0.05) is 46.8 Å². The van der Waals surface area contributed by atoms with Gasteiger partial charge in [0.2, 0.25) is 24.0 Å². The van der Waals surface area contributed by atoms with E-state index in [0.717, 1.165) is 0 Å². The van der Waals surface area contributed by atoms with Crippen LogP contribution >= 0.6 is 0 Å². The number of carboxylic acid groups (broad SMARTS) is 2. The third-order valence-corrected chi connectivity index (χ3v) is 7.00. The van der Waals surface area contributed by atoms with Crippen LogP contribution in [0.1, 0.15) is 65.4 Å². The van der Waals surface area contributed by atoms with Gasteiger partial charge in [0.25, 0.3) is 5.69 Å². The number of non-ortho nitro benzene ring substituents is 1. The number of nitrogens with one attached hydrogen (secondary N) is 5. The van der Waals surface area contributed by atoms with Crippen LogP contribution in [-0.4, -0.2) is 70.0 Å². The molecule has 0 fully saturated rings. The number of aliphatic imine (C=N–C) groups is 1. The fourth-order valence-corrected chi connectivity index (χ4v) is 4.69. The molecule has 0 heterocycles. The van der Waals surface area contributed by atoms with E-state index in [1.807, 2.05) is 34.6 Å². The Labute approximate surface area is 284 Å². The van der Waals surface area contributed by atoms with Crippen LogP contribution in [0, 0.1) is 32.9 Å². The van der Waals surface area contributed by atoms with Crippen LogP contribution in [0.4, 0.5) is 17.1 Å². The van der Waals surface area contributed by atoms with Crippen LogP contribution in [0.5, 0.6) is 0 Å². The van der Waals surface area contributed by atoms with Crippen molar-refractivity contribution in [2.24, 2.45) is 16.3 Å². The zero-order chi connectivity index (χ0) is 36.7. The maximum absolute atomic E-state index is 13.4. The highest BCUT2D eigenvalue weighted by molar-refractivity contribution is 6.04. The molecule has 16 heteroatoms. The zero-order valence-electron chi connectivity index (χ0n) is 28.1. The normalized spacial score (nSPS) is 13.4. The maximum Gasteiger partial charge on any atom is 0.327 e. The minimum absolute atomic E-state index is 0.0383. The molecule has 0 aliphatic carbocycles. The number of carbonyl (C=O) groups excluding carboxylic acids is 2. The lowest BCUT2D eigenvalue weighted by Gasteiger charge is -2.23. The smallest absolute Gasteiger partial charge is 0.327 e. The van der Waals surface area contributed by atoms with Gasteiger partial charge >= 0.3 is 11.9 Å². The van der Waals surface area contributed by atoms with E-state index in [1.165, 1.54) is 24.3 Å². The van der Waals surface area contributed by atoms with Crippen molar-refractivity contribution in [2.75, 3.05) is 23.7 Å². The van der Waals surface area contributed by atoms with Gasteiger partial charge in [0.15, 0.2) is 0 Å². The minimum Gasteiger partial charge on any atom is -0.480 e. The largest absolute Gasteiger partial charge is 0.480 e. The Hall–Kier alpha value is -5.56. The van der Waals surface area contributed by atoms with Crippen molar-refractivity contribution in [2.45, 2.75) is 71.9 Å². The Morgan fingerprint density at radius 3 is 1.94 bits per heavy atom. The van der Waals surface area contributed by atoms with Gasteiger partial charge in [-0.15, -0.1) is 4.99 Å². The van der Waals surface area contributed by atoms with Crippen molar-refractivity contribution in [3.63, 3.8) is 0 Å². The number of guanidine groups is 1. The average molecular weight is 681 g/mol. The van der Waals surface area contributed by atoms with Gasteiger partial charge in [0.1, 0.15) is 12.1 Å². The third-order valence-electron chi connectivity index (χ3n) is 7.00. The summed E-state index contributed by atoms with van der Waals surface area (Å²) in [6.45, 7) is 9.36. The summed E-state index contributed by atoms with van der Waals surface area (Å²) < 4.78 is 0. The Morgan fingerprint density at radius 2 is 1.47 bits per heavy atom. The Morgan fingerprint density at radius 1 is 0.918 bits per heavy atom. The second kappa shape index (κ2) is 18.7. The molecule has 7 N–H and O–H groups in total. The number of nitro groups is 1. The summed E-state index contributed by atoms with van der Waals surface area (Å²) in [4.78, 5) is 63.4. The van der Waals surface area contributed by atoms with E-state index in [0.29, 0.717) is 23.4 Å². The topological polar surface area (TPSA) is 248 Å². The van der Waals surface area contributed by atoms with E-state index < -0.39 is 46.7 Å². The molecule has 3 unspecified atom stereocenters. The quantitative estimate of drug-likeness (QED) is 0.0316. The zero-order valence-corrected chi connectivity index (χ0v) is 28.1. The number of amides is 2. The average Bonchev–Trinajstić information content (AvgIpc) is 3.00. The standard InChI is InChI=1S/C33H44N8O8/c1-20(2)16-25(21-6-8-22(9-7-21)37-32(36-19-34)38-23-10-12-24(13-11-23)41(48)49)29(43)40-26(30(44)45)14-15-35-18-27(31(46)47)39-28(42)17-33(3,4)5/h6-13,20,25-27,35H,14-18H2,1-5H3,(H,39,42)(H,40,43)(H,44,45)(H,46,47)(H2,36,37,38). The number of rotatable bonds is 17. The highest BCUT2D eigenvalue weighted by Gasteiger charge is 2.28. The predicted octanol–water partition coefficient (Wildman–Crippen LogP) is 3.64. The number of carboxylic acids is 2. The molecule has 0 saturated heterocycles. The van der Waals surface area contributed by atoms with E-state index in [-0.39, 0.29) is 48.9 Å². The first-order valence-electron chi connectivity index (χ1n) is 15.6. The summed E-state index contributed by atoms with van der Waals surface area (Å²) >= 11 is 0. The lowest BCUT2D eigenvalue weighted by Crippen LogP contribution is -2.49. The van der Waals surface area contributed by atoms with Crippen LogP contribution in [0.3, 0.4) is 0 Å². The van der Waals surface area contributed by atoms with Gasteiger partial charge in [-0.3, -0.25) is 19.7 Å². The highest BCUT2D eigenvalue weighted by atomic mass is 16.6. The van der Waals surface area contributed by atoms with E-state index in [1.54, 1.807) is 30.5 Å². The van der Waals surface area contributed by atoms with Gasteiger partial charge < -0.3 is 36.8 Å². The second-order valence-electron chi connectivity index (χ2n) is 13.0. The molecule has 0 bridgehead atoms. The van der Waals surface area contributed by atoms with Gasteiger partial charge in [0, 0.05) is 36.5 Å². The SMILES string of the molecule is CC(C)CC(C(=O)NC(CCNCC(NC(=O)CC(C)(C)C)C(=O)O)C(=O)O)c1ccc(NC(=NC#N)Nc2ccc([N+](=O)[O-])cc2)cc1. The maximum atomic E-state index is 13.4. The van der Waals surface area contributed by atoms with Crippen LogP contribution in [0.25, 0.3) is 0 Å².